The molecule has 1 aliphatic heterocycles. The number of rotatable bonds is 8. The van der Waals surface area contributed by atoms with Crippen molar-refractivity contribution in [3.63, 3.8) is 0 Å². The first-order chi connectivity index (χ1) is 13.0. The Morgan fingerprint density at radius 3 is 2.50 bits per heavy atom. The third-order valence-corrected chi connectivity index (χ3v) is 4.72. The number of carbonyl (C=O) groups is 1. The maximum Gasteiger partial charge on any atom is 0.234 e. The van der Waals surface area contributed by atoms with E-state index in [4.69, 9.17) is 9.26 Å². The van der Waals surface area contributed by atoms with Crippen molar-refractivity contribution in [3.8, 4) is 0 Å². The highest BCUT2D eigenvalue weighted by Crippen LogP contribution is 2.12. The molecule has 0 bridgehead atoms. The molecular formula is C18H33IN6O3. The van der Waals surface area contributed by atoms with Crippen LogP contribution in [-0.4, -0.2) is 93.4 Å². The molecule has 0 unspecified atom stereocenters. The van der Waals surface area contributed by atoms with E-state index in [2.05, 4.69) is 30.6 Å². The van der Waals surface area contributed by atoms with Gasteiger partial charge in [-0.2, -0.15) is 0 Å². The number of nitrogens with one attached hydrogen (secondary N) is 2. The predicted molar refractivity (Wildman–Crippen MR) is 119 cm³/mol. The van der Waals surface area contributed by atoms with Crippen molar-refractivity contribution in [2.45, 2.75) is 20.3 Å². The van der Waals surface area contributed by atoms with Gasteiger partial charge in [-0.3, -0.25) is 14.7 Å². The van der Waals surface area contributed by atoms with Gasteiger partial charge in [0.25, 0.3) is 0 Å². The molecule has 1 saturated heterocycles. The van der Waals surface area contributed by atoms with Gasteiger partial charge in [-0.15, -0.1) is 24.0 Å². The number of piperazine rings is 1. The Balaban J connectivity index is 0.00000392. The van der Waals surface area contributed by atoms with E-state index in [1.54, 1.807) is 14.2 Å². The maximum atomic E-state index is 11.9. The van der Waals surface area contributed by atoms with Crippen LogP contribution >= 0.6 is 24.0 Å². The summed E-state index contributed by atoms with van der Waals surface area (Å²) >= 11 is 0. The van der Waals surface area contributed by atoms with E-state index in [1.165, 1.54) is 0 Å². The fourth-order valence-corrected chi connectivity index (χ4v) is 3.16. The lowest BCUT2D eigenvalue weighted by atomic mass is 10.1. The minimum absolute atomic E-state index is 0. The van der Waals surface area contributed by atoms with Crippen molar-refractivity contribution in [2.24, 2.45) is 4.99 Å². The molecule has 0 spiro atoms. The van der Waals surface area contributed by atoms with Crippen LogP contribution < -0.4 is 10.6 Å². The lowest BCUT2D eigenvalue weighted by Gasteiger charge is -2.36. The summed E-state index contributed by atoms with van der Waals surface area (Å²) in [6, 6.07) is 0. The summed E-state index contributed by atoms with van der Waals surface area (Å²) in [5.41, 5.74) is 2.10. The minimum atomic E-state index is 0. The smallest absolute Gasteiger partial charge is 0.234 e. The Morgan fingerprint density at radius 2 is 1.93 bits per heavy atom. The number of aryl methyl sites for hydroxylation is 2. The molecule has 9 nitrogen and oxygen atoms in total. The zero-order valence-corrected chi connectivity index (χ0v) is 19.6. The fraction of sp³-hybridized carbons (Fsp3) is 0.722. The van der Waals surface area contributed by atoms with Crippen LogP contribution in [0.3, 0.4) is 0 Å². The molecule has 1 amide bonds. The first-order valence-corrected chi connectivity index (χ1v) is 9.40. The maximum absolute atomic E-state index is 11.9. The summed E-state index contributed by atoms with van der Waals surface area (Å²) in [4.78, 5) is 20.7. The molecule has 1 aromatic heterocycles. The zero-order valence-electron chi connectivity index (χ0n) is 17.3. The van der Waals surface area contributed by atoms with Crippen molar-refractivity contribution in [2.75, 3.05) is 66.6 Å². The number of carbonyl (C=O) groups excluding carboxylic acids is 1. The van der Waals surface area contributed by atoms with E-state index in [-0.39, 0.29) is 29.9 Å². The molecule has 0 aliphatic carbocycles. The first-order valence-electron chi connectivity index (χ1n) is 9.40. The van der Waals surface area contributed by atoms with Gasteiger partial charge in [0.15, 0.2) is 5.96 Å². The van der Waals surface area contributed by atoms with E-state index in [1.807, 2.05) is 13.8 Å². The lowest BCUT2D eigenvalue weighted by molar-refractivity contribution is -0.122. The van der Waals surface area contributed by atoms with Gasteiger partial charge in [0.05, 0.1) is 18.8 Å². The number of hydrogen-bond acceptors (Lipinski definition) is 6. The molecule has 1 aromatic rings. The number of guanidine groups is 1. The fourth-order valence-electron chi connectivity index (χ4n) is 3.16. The number of methoxy groups -OCH3 is 1. The average Bonchev–Trinajstić information content (AvgIpc) is 2.98. The van der Waals surface area contributed by atoms with Gasteiger partial charge in [0, 0.05) is 59.0 Å². The Hall–Kier alpha value is -1.40. The van der Waals surface area contributed by atoms with E-state index in [0.717, 1.165) is 62.1 Å². The summed E-state index contributed by atoms with van der Waals surface area (Å²) < 4.78 is 10.1. The summed E-state index contributed by atoms with van der Waals surface area (Å²) in [5, 5.41) is 10.3. The monoisotopic (exact) mass is 508 g/mol. The highest BCUT2D eigenvalue weighted by molar-refractivity contribution is 14.0. The minimum Gasteiger partial charge on any atom is -0.383 e. The number of ether oxygens (including phenoxy) is 1. The normalized spacial score (nSPS) is 15.3. The van der Waals surface area contributed by atoms with Crippen LogP contribution in [0.15, 0.2) is 9.52 Å². The van der Waals surface area contributed by atoms with Crippen molar-refractivity contribution in [3.05, 3.63) is 17.0 Å². The van der Waals surface area contributed by atoms with Gasteiger partial charge in [-0.25, -0.2) is 0 Å². The number of hydrogen-bond donors (Lipinski definition) is 2. The molecule has 1 aliphatic rings. The van der Waals surface area contributed by atoms with E-state index < -0.39 is 0 Å². The van der Waals surface area contributed by atoms with E-state index in [0.29, 0.717) is 19.7 Å². The second kappa shape index (κ2) is 12.9. The third-order valence-electron chi connectivity index (χ3n) is 4.72. The van der Waals surface area contributed by atoms with Gasteiger partial charge in [-0.1, -0.05) is 5.16 Å². The molecule has 0 saturated carbocycles. The van der Waals surface area contributed by atoms with Crippen LogP contribution in [0.5, 0.6) is 0 Å². The molecule has 2 N–H and O–H groups in total. The SMILES string of the molecule is CN=C(NCCc1c(C)noc1C)N1CCN(CC(=O)NCCOC)CC1.I. The lowest BCUT2D eigenvalue weighted by Crippen LogP contribution is -2.54. The largest absolute Gasteiger partial charge is 0.383 e. The zero-order chi connectivity index (χ0) is 19.6. The highest BCUT2D eigenvalue weighted by Gasteiger charge is 2.21. The average molecular weight is 508 g/mol. The molecule has 2 rings (SSSR count). The van der Waals surface area contributed by atoms with E-state index in [9.17, 15) is 4.79 Å². The van der Waals surface area contributed by atoms with Gasteiger partial charge in [0.1, 0.15) is 5.76 Å². The van der Waals surface area contributed by atoms with Crippen LogP contribution in [-0.2, 0) is 16.0 Å². The Bertz CT molecular complexity index is 609. The topological polar surface area (TPSA) is 95.2 Å². The van der Waals surface area contributed by atoms with Crippen molar-refractivity contribution in [1.82, 2.24) is 25.6 Å². The van der Waals surface area contributed by atoms with Crippen LogP contribution in [0.2, 0.25) is 0 Å². The molecule has 0 aromatic carbocycles. The van der Waals surface area contributed by atoms with Gasteiger partial charge in [0.2, 0.25) is 5.91 Å². The molecule has 1 fully saturated rings. The Morgan fingerprint density at radius 1 is 1.21 bits per heavy atom. The number of nitrogens with zero attached hydrogens (tertiary/aromatic N) is 4. The van der Waals surface area contributed by atoms with Crippen LogP contribution in [0.4, 0.5) is 0 Å². The van der Waals surface area contributed by atoms with Gasteiger partial charge < -0.3 is 24.8 Å². The summed E-state index contributed by atoms with van der Waals surface area (Å²) in [5.74, 6) is 1.81. The van der Waals surface area contributed by atoms with Crippen molar-refractivity contribution >= 4 is 35.8 Å². The van der Waals surface area contributed by atoms with Crippen molar-refractivity contribution < 1.29 is 14.1 Å². The highest BCUT2D eigenvalue weighted by atomic mass is 127. The number of aliphatic imine (C=N–C) groups is 1. The quantitative estimate of drug-likeness (QED) is 0.227. The van der Waals surface area contributed by atoms with Crippen molar-refractivity contribution in [1.29, 1.82) is 0 Å². The second-order valence-electron chi connectivity index (χ2n) is 6.63. The summed E-state index contributed by atoms with van der Waals surface area (Å²) in [7, 11) is 3.43. The first kappa shape index (κ1) is 24.6. The van der Waals surface area contributed by atoms with E-state index >= 15 is 0 Å². The molecule has 0 radical (unpaired) electrons. The Kier molecular flexibility index (Phi) is 11.4. The van der Waals surface area contributed by atoms with Gasteiger partial charge >= 0.3 is 0 Å². The third kappa shape index (κ3) is 7.55. The van der Waals surface area contributed by atoms with Gasteiger partial charge in [-0.05, 0) is 20.3 Å². The molecule has 10 heteroatoms. The predicted octanol–water partition coefficient (Wildman–Crippen LogP) is 0.408. The summed E-state index contributed by atoms with van der Waals surface area (Å²) in [6.45, 7) is 9.55. The molecule has 0 atom stereocenters. The number of halogens is 1. The van der Waals surface area contributed by atoms with Crippen LogP contribution in [0.25, 0.3) is 0 Å². The Labute approximate surface area is 184 Å². The molecule has 28 heavy (non-hydrogen) atoms. The molecule has 2 heterocycles. The molecule has 160 valence electrons. The second-order valence-corrected chi connectivity index (χ2v) is 6.63. The number of aromatic nitrogens is 1. The van der Waals surface area contributed by atoms with Crippen LogP contribution in [0, 0.1) is 13.8 Å². The molecular weight excluding hydrogens is 475 g/mol. The summed E-state index contributed by atoms with van der Waals surface area (Å²) in [6.07, 6.45) is 0.849. The standard InChI is InChI=1S/C18H32N6O3.HI/c1-14-16(15(2)27-22-14)5-6-21-18(19-3)24-10-8-23(9-11-24)13-17(25)20-7-12-26-4;/h5-13H2,1-4H3,(H,19,21)(H,20,25);1H. The van der Waals surface area contributed by atoms with Crippen LogP contribution in [0.1, 0.15) is 17.0 Å². The number of amides is 1.